The number of thiophene rings is 1. The van der Waals surface area contributed by atoms with E-state index in [1.165, 1.54) is 16.2 Å². The van der Waals surface area contributed by atoms with Gasteiger partial charge in [-0.15, -0.1) is 11.3 Å². The minimum absolute atomic E-state index is 0.375. The van der Waals surface area contributed by atoms with Crippen molar-refractivity contribution >= 4 is 17.0 Å². The maximum atomic E-state index is 4.73. The second kappa shape index (κ2) is 4.58. The van der Waals surface area contributed by atoms with Gasteiger partial charge in [-0.05, 0) is 17.0 Å². The second-order valence-corrected chi connectivity index (χ2v) is 5.65. The summed E-state index contributed by atoms with van der Waals surface area (Å²) in [5.41, 5.74) is 2.42. The van der Waals surface area contributed by atoms with Gasteiger partial charge in [-0.2, -0.15) is 5.10 Å². The first-order chi connectivity index (χ1) is 8.77. The molecule has 0 radical (unpaired) electrons. The van der Waals surface area contributed by atoms with E-state index < -0.39 is 0 Å². The van der Waals surface area contributed by atoms with Crippen molar-refractivity contribution in [2.75, 3.05) is 7.05 Å². The smallest absolute Gasteiger partial charge is 0.0890 e. The number of hydrazone groups is 1. The van der Waals surface area contributed by atoms with Crippen LogP contribution in [0.15, 0.2) is 52.9 Å². The maximum Gasteiger partial charge on any atom is 0.0890 e. The van der Waals surface area contributed by atoms with Gasteiger partial charge in [0.2, 0.25) is 0 Å². The van der Waals surface area contributed by atoms with Crippen molar-refractivity contribution in [2.45, 2.75) is 13.0 Å². The lowest BCUT2D eigenvalue weighted by Crippen LogP contribution is -2.20. The van der Waals surface area contributed by atoms with Crippen molar-refractivity contribution in [3.63, 3.8) is 0 Å². The van der Waals surface area contributed by atoms with E-state index in [2.05, 4.69) is 60.8 Å². The summed E-state index contributed by atoms with van der Waals surface area (Å²) in [6.07, 6.45) is 0. The lowest BCUT2D eigenvalue weighted by molar-refractivity contribution is 0.261. The van der Waals surface area contributed by atoms with Crippen LogP contribution < -0.4 is 0 Å². The van der Waals surface area contributed by atoms with Crippen LogP contribution in [0.5, 0.6) is 0 Å². The molecule has 1 aromatic heterocycles. The van der Waals surface area contributed by atoms with Crippen molar-refractivity contribution in [3.8, 4) is 0 Å². The number of hydrogen-bond donors (Lipinski definition) is 0. The van der Waals surface area contributed by atoms with Crippen molar-refractivity contribution in [1.29, 1.82) is 0 Å². The van der Waals surface area contributed by atoms with Crippen LogP contribution in [0.4, 0.5) is 0 Å². The zero-order valence-electron chi connectivity index (χ0n) is 10.6. The third kappa shape index (κ3) is 1.85. The van der Waals surface area contributed by atoms with Gasteiger partial charge >= 0.3 is 0 Å². The van der Waals surface area contributed by atoms with Crippen molar-refractivity contribution in [3.05, 3.63) is 58.3 Å². The monoisotopic (exact) mass is 256 g/mol. The Balaban J connectivity index is 1.94. The Bertz CT molecular complexity index is 545. The third-order valence-corrected chi connectivity index (χ3v) is 4.42. The minimum Gasteiger partial charge on any atom is -0.291 e. The van der Waals surface area contributed by atoms with Crippen molar-refractivity contribution < 1.29 is 0 Å². The van der Waals surface area contributed by atoms with Crippen LogP contribution in [0.25, 0.3) is 0 Å². The zero-order valence-corrected chi connectivity index (χ0v) is 11.4. The molecule has 92 valence electrons. The van der Waals surface area contributed by atoms with Gasteiger partial charge in [0, 0.05) is 17.8 Å². The molecule has 0 saturated carbocycles. The van der Waals surface area contributed by atoms with Crippen LogP contribution in [-0.4, -0.2) is 17.8 Å². The highest BCUT2D eigenvalue weighted by Gasteiger charge is 2.34. The van der Waals surface area contributed by atoms with Crippen LogP contribution in [-0.2, 0) is 0 Å². The summed E-state index contributed by atoms with van der Waals surface area (Å²) in [5.74, 6) is 0.427. The number of hydrogen-bond acceptors (Lipinski definition) is 3. The number of benzene rings is 1. The van der Waals surface area contributed by atoms with Gasteiger partial charge in [-0.25, -0.2) is 0 Å². The Morgan fingerprint density at radius 1 is 1.11 bits per heavy atom. The second-order valence-electron chi connectivity index (χ2n) is 4.67. The molecule has 0 spiro atoms. The highest BCUT2D eigenvalue weighted by molar-refractivity contribution is 7.10. The molecule has 3 heteroatoms. The van der Waals surface area contributed by atoms with Gasteiger partial charge in [0.05, 0.1) is 11.8 Å². The van der Waals surface area contributed by atoms with E-state index >= 15 is 0 Å². The SMILES string of the molecule is CC1C(c2ccccc2)=NN(C)C1c1cccs1. The molecule has 2 unspecified atom stereocenters. The van der Waals surface area contributed by atoms with E-state index in [-0.39, 0.29) is 0 Å². The van der Waals surface area contributed by atoms with Gasteiger partial charge in [0.25, 0.3) is 0 Å². The molecule has 0 amide bonds. The summed E-state index contributed by atoms with van der Waals surface area (Å²) in [5, 5.41) is 8.97. The Morgan fingerprint density at radius 2 is 1.89 bits per heavy atom. The Kier molecular flexibility index (Phi) is 2.92. The minimum atomic E-state index is 0.375. The topological polar surface area (TPSA) is 15.6 Å². The van der Waals surface area contributed by atoms with E-state index in [1.54, 1.807) is 0 Å². The Hall–Kier alpha value is -1.61. The van der Waals surface area contributed by atoms with Gasteiger partial charge in [-0.3, -0.25) is 5.01 Å². The molecular formula is C15H16N2S. The van der Waals surface area contributed by atoms with Crippen LogP contribution >= 0.6 is 11.3 Å². The predicted octanol–water partition coefficient (Wildman–Crippen LogP) is 3.78. The Morgan fingerprint density at radius 3 is 2.56 bits per heavy atom. The van der Waals surface area contributed by atoms with E-state index in [0.717, 1.165) is 0 Å². The normalized spacial score (nSPS) is 23.2. The molecule has 18 heavy (non-hydrogen) atoms. The fourth-order valence-electron chi connectivity index (χ4n) is 2.62. The van der Waals surface area contributed by atoms with Crippen LogP contribution in [0.2, 0.25) is 0 Å². The predicted molar refractivity (Wildman–Crippen MR) is 77.0 cm³/mol. The summed E-state index contributed by atoms with van der Waals surface area (Å²) in [6, 6.07) is 15.2. The molecule has 2 heterocycles. The zero-order chi connectivity index (χ0) is 12.5. The molecule has 1 aliphatic heterocycles. The fraction of sp³-hybridized carbons (Fsp3) is 0.267. The number of rotatable bonds is 2. The molecule has 2 aromatic rings. The van der Waals surface area contributed by atoms with E-state index in [4.69, 9.17) is 5.10 Å². The molecule has 0 fully saturated rings. The molecule has 1 aliphatic rings. The van der Waals surface area contributed by atoms with Gasteiger partial charge in [-0.1, -0.05) is 43.3 Å². The largest absolute Gasteiger partial charge is 0.291 e. The van der Waals surface area contributed by atoms with E-state index in [0.29, 0.717) is 12.0 Å². The van der Waals surface area contributed by atoms with Crippen LogP contribution in [0, 0.1) is 5.92 Å². The number of nitrogens with zero attached hydrogens (tertiary/aromatic N) is 2. The van der Waals surface area contributed by atoms with E-state index in [9.17, 15) is 0 Å². The van der Waals surface area contributed by atoms with Gasteiger partial charge < -0.3 is 0 Å². The summed E-state index contributed by atoms with van der Waals surface area (Å²) >= 11 is 1.81. The fourth-order valence-corrected chi connectivity index (χ4v) is 3.58. The third-order valence-electron chi connectivity index (χ3n) is 3.48. The molecule has 0 N–H and O–H groups in total. The first kappa shape index (κ1) is 11.5. The maximum absolute atomic E-state index is 4.73. The Labute approximate surface area is 112 Å². The molecule has 0 saturated heterocycles. The van der Waals surface area contributed by atoms with Gasteiger partial charge in [0.1, 0.15) is 0 Å². The first-order valence-electron chi connectivity index (χ1n) is 6.17. The lowest BCUT2D eigenvalue weighted by Gasteiger charge is -2.21. The molecule has 3 rings (SSSR count). The summed E-state index contributed by atoms with van der Waals surface area (Å²) < 4.78 is 0. The van der Waals surface area contributed by atoms with E-state index in [1.807, 2.05) is 17.4 Å². The lowest BCUT2D eigenvalue weighted by atomic mass is 9.92. The summed E-state index contributed by atoms with van der Waals surface area (Å²) in [6.45, 7) is 2.26. The molecule has 1 aromatic carbocycles. The molecular weight excluding hydrogens is 240 g/mol. The van der Waals surface area contributed by atoms with Gasteiger partial charge in [0.15, 0.2) is 0 Å². The quantitative estimate of drug-likeness (QED) is 0.798. The van der Waals surface area contributed by atoms with Crippen LogP contribution in [0.1, 0.15) is 23.4 Å². The van der Waals surface area contributed by atoms with Crippen molar-refractivity contribution in [2.24, 2.45) is 11.0 Å². The average Bonchev–Trinajstić information content (AvgIpc) is 2.99. The van der Waals surface area contributed by atoms with Crippen molar-refractivity contribution in [1.82, 2.24) is 5.01 Å². The summed E-state index contributed by atoms with van der Waals surface area (Å²) in [4.78, 5) is 1.39. The summed E-state index contributed by atoms with van der Waals surface area (Å²) in [7, 11) is 2.07. The molecule has 0 bridgehead atoms. The molecule has 2 nitrogen and oxygen atoms in total. The standard InChI is InChI=1S/C15H16N2S/c1-11-14(12-7-4-3-5-8-12)16-17(2)15(11)13-9-6-10-18-13/h3-11,15H,1-2H3. The molecule has 0 aliphatic carbocycles. The average molecular weight is 256 g/mol. The highest BCUT2D eigenvalue weighted by atomic mass is 32.1. The first-order valence-corrected chi connectivity index (χ1v) is 7.05. The highest BCUT2D eigenvalue weighted by Crippen LogP contribution is 2.37. The van der Waals surface area contributed by atoms with Crippen LogP contribution in [0.3, 0.4) is 0 Å². The molecule has 2 atom stereocenters.